The van der Waals surface area contributed by atoms with Crippen LogP contribution >= 0.6 is 23.5 Å². The molecule has 7 heteroatoms. The summed E-state index contributed by atoms with van der Waals surface area (Å²) in [6.07, 6.45) is 7.45. The first kappa shape index (κ1) is 26.2. The Bertz CT molecular complexity index is 444. The fraction of sp³-hybridized carbons (Fsp3) is 0.905. The first-order valence-electron chi connectivity index (χ1n) is 11.0. The summed E-state index contributed by atoms with van der Waals surface area (Å²) in [6.45, 7) is 8.86. The van der Waals surface area contributed by atoms with Crippen LogP contribution in [0.3, 0.4) is 0 Å². The Morgan fingerprint density at radius 3 is 2.04 bits per heavy atom. The second-order valence-corrected chi connectivity index (χ2v) is 12.2. The van der Waals surface area contributed by atoms with E-state index in [-0.39, 0.29) is 25.7 Å². The number of hydrogen-bond donors (Lipinski definition) is 0. The van der Waals surface area contributed by atoms with Gasteiger partial charge in [0.05, 0.1) is 9.52 Å². The first-order valence-corrected chi connectivity index (χ1v) is 14.7. The predicted octanol–water partition coefficient (Wildman–Crippen LogP) is 4.69. The van der Waals surface area contributed by atoms with Crippen LogP contribution in [0.4, 0.5) is 0 Å². The molecule has 28 heavy (non-hydrogen) atoms. The number of rotatable bonds is 14. The predicted molar refractivity (Wildman–Crippen MR) is 125 cm³/mol. The minimum absolute atomic E-state index is 0.0812. The number of ether oxygens (including phenoxy) is 2. The van der Waals surface area contributed by atoms with E-state index in [1.165, 1.54) is 55.3 Å². The van der Waals surface area contributed by atoms with E-state index in [9.17, 15) is 9.59 Å². The maximum atomic E-state index is 11.3. The van der Waals surface area contributed by atoms with Crippen LogP contribution in [0.15, 0.2) is 0 Å². The smallest absolute Gasteiger partial charge is 0.185 e. The molecule has 0 spiro atoms. The normalized spacial score (nSPS) is 23.0. The summed E-state index contributed by atoms with van der Waals surface area (Å²) in [5, 5.41) is 0.445. The molecule has 0 bridgehead atoms. The zero-order valence-corrected chi connectivity index (χ0v) is 21.3. The van der Waals surface area contributed by atoms with Gasteiger partial charge in [0.15, 0.2) is 10.2 Å². The monoisotopic (exact) mass is 448 g/mol. The van der Waals surface area contributed by atoms with Gasteiger partial charge in [-0.2, -0.15) is 0 Å². The molecule has 3 atom stereocenters. The van der Waals surface area contributed by atoms with Crippen LogP contribution in [0.25, 0.3) is 0 Å². The third-order valence-corrected chi connectivity index (χ3v) is 9.05. The average molecular weight is 449 g/mol. The highest BCUT2D eigenvalue weighted by Gasteiger charge is 2.30. The third kappa shape index (κ3) is 12.0. The first-order chi connectivity index (χ1) is 13.5. The molecule has 0 aliphatic heterocycles. The van der Waals surface area contributed by atoms with Crippen molar-refractivity contribution in [2.75, 3.05) is 24.7 Å². The largest absolute Gasteiger partial charge is 0.357 e. The Hall–Kier alpha value is 0.177. The Morgan fingerprint density at radius 2 is 1.50 bits per heavy atom. The van der Waals surface area contributed by atoms with Gasteiger partial charge in [0.1, 0.15) is 5.91 Å². The van der Waals surface area contributed by atoms with Crippen LogP contribution in [0, 0.1) is 17.8 Å². The summed E-state index contributed by atoms with van der Waals surface area (Å²) in [4.78, 5) is 22.5. The molecule has 1 fully saturated rings. The summed E-state index contributed by atoms with van der Waals surface area (Å²) in [7, 11) is -0.355. The molecule has 1 saturated carbocycles. The molecule has 0 radical (unpaired) electrons. The van der Waals surface area contributed by atoms with Crippen molar-refractivity contribution in [3.8, 4) is 0 Å². The average Bonchev–Trinajstić information content (AvgIpc) is 2.63. The highest BCUT2D eigenvalue weighted by molar-refractivity contribution is 8.13. The molecule has 4 nitrogen and oxygen atoms in total. The van der Waals surface area contributed by atoms with Gasteiger partial charge in [0, 0.05) is 38.6 Å². The zero-order valence-electron chi connectivity index (χ0n) is 18.2. The summed E-state index contributed by atoms with van der Waals surface area (Å²) >= 11 is 2.93. The zero-order chi connectivity index (χ0) is 20.8. The Balaban J connectivity index is 2.45. The summed E-state index contributed by atoms with van der Waals surface area (Å²) in [5.74, 6) is 4.19. The quantitative estimate of drug-likeness (QED) is 0.284. The molecule has 0 amide bonds. The Morgan fingerprint density at radius 1 is 0.929 bits per heavy atom. The fourth-order valence-electron chi connectivity index (χ4n) is 4.29. The van der Waals surface area contributed by atoms with Gasteiger partial charge in [-0.3, -0.25) is 9.59 Å². The maximum absolute atomic E-state index is 11.3. The van der Waals surface area contributed by atoms with Crippen molar-refractivity contribution in [1.82, 2.24) is 0 Å². The van der Waals surface area contributed by atoms with Crippen molar-refractivity contribution in [2.24, 2.45) is 17.8 Å². The molecule has 1 aliphatic rings. The van der Waals surface area contributed by atoms with Gasteiger partial charge < -0.3 is 9.47 Å². The summed E-state index contributed by atoms with van der Waals surface area (Å²) < 4.78 is 11.4. The summed E-state index contributed by atoms with van der Waals surface area (Å²) in [5.41, 5.74) is 0. The van der Waals surface area contributed by atoms with Gasteiger partial charge in [-0.1, -0.05) is 42.4 Å². The van der Waals surface area contributed by atoms with Crippen LogP contribution < -0.4 is 0 Å². The van der Waals surface area contributed by atoms with Crippen molar-refractivity contribution < 1.29 is 19.1 Å². The van der Waals surface area contributed by atoms with Crippen molar-refractivity contribution >= 4 is 43.3 Å². The molecular formula is C21H40O4S2Si. The molecule has 0 heterocycles. The van der Waals surface area contributed by atoms with E-state index in [0.717, 1.165) is 43.5 Å². The van der Waals surface area contributed by atoms with Crippen LogP contribution in [0.1, 0.15) is 66.2 Å². The molecule has 0 N–H and O–H groups in total. The van der Waals surface area contributed by atoms with E-state index in [1.807, 2.05) is 13.8 Å². The molecule has 0 aromatic rings. The number of carbonyl (C=O) groups excluding carboxylic acids is 2. The lowest BCUT2D eigenvalue weighted by Gasteiger charge is -2.36. The Kier molecular flexibility index (Phi) is 14.9. The topological polar surface area (TPSA) is 52.6 Å². The van der Waals surface area contributed by atoms with E-state index < -0.39 is 0 Å². The van der Waals surface area contributed by atoms with Crippen molar-refractivity contribution in [2.45, 2.75) is 78.2 Å². The second kappa shape index (κ2) is 15.9. The molecule has 1 aliphatic carbocycles. The minimum Gasteiger partial charge on any atom is -0.357 e. The molecule has 164 valence electrons. The van der Waals surface area contributed by atoms with E-state index in [1.54, 1.807) is 13.8 Å². The van der Waals surface area contributed by atoms with Crippen molar-refractivity contribution in [3.05, 3.63) is 0 Å². The van der Waals surface area contributed by atoms with Gasteiger partial charge in [-0.05, 0) is 57.3 Å². The minimum atomic E-state index is -0.355. The highest BCUT2D eigenvalue weighted by atomic mass is 32.2. The lowest BCUT2D eigenvalue weighted by Crippen LogP contribution is -2.28. The standard InChI is InChI=1S/C21H40O4S2Si/c1-5-24-21(25-6-2)28-14-11-18-7-8-19(9-12-26-16(3)22)20(15-18)10-13-27-17(4)23/h18-21H,5-15,28H2,1-4H3. The lowest BCUT2D eigenvalue weighted by atomic mass is 9.71. The number of carbonyl (C=O) groups is 2. The molecule has 3 unspecified atom stereocenters. The fourth-order valence-corrected chi connectivity index (χ4v) is 7.65. The van der Waals surface area contributed by atoms with Gasteiger partial charge in [0.2, 0.25) is 0 Å². The molecular weight excluding hydrogens is 408 g/mol. The molecule has 0 aromatic carbocycles. The number of hydrogen-bond acceptors (Lipinski definition) is 6. The maximum Gasteiger partial charge on any atom is 0.185 e. The highest BCUT2D eigenvalue weighted by Crippen LogP contribution is 2.40. The van der Waals surface area contributed by atoms with Gasteiger partial charge in [-0.25, -0.2) is 0 Å². The van der Waals surface area contributed by atoms with Crippen LogP contribution in [-0.2, 0) is 19.1 Å². The van der Waals surface area contributed by atoms with E-state index in [2.05, 4.69) is 0 Å². The lowest BCUT2D eigenvalue weighted by molar-refractivity contribution is -0.109. The Labute approximate surface area is 182 Å². The van der Waals surface area contributed by atoms with Crippen LogP contribution in [0.5, 0.6) is 0 Å². The second-order valence-electron chi connectivity index (χ2n) is 7.73. The molecule has 0 saturated heterocycles. The molecule has 0 aromatic heterocycles. The van der Waals surface area contributed by atoms with Crippen LogP contribution in [-0.4, -0.2) is 50.4 Å². The summed E-state index contributed by atoms with van der Waals surface area (Å²) in [6, 6.07) is 1.29. The van der Waals surface area contributed by atoms with Gasteiger partial charge in [-0.15, -0.1) is 0 Å². The number of thioether (sulfide) groups is 2. The van der Waals surface area contributed by atoms with Gasteiger partial charge >= 0.3 is 0 Å². The van der Waals surface area contributed by atoms with Crippen molar-refractivity contribution in [3.63, 3.8) is 0 Å². The third-order valence-electron chi connectivity index (χ3n) is 5.59. The van der Waals surface area contributed by atoms with Crippen molar-refractivity contribution in [1.29, 1.82) is 0 Å². The van der Waals surface area contributed by atoms with Gasteiger partial charge in [0.25, 0.3) is 0 Å². The van der Waals surface area contributed by atoms with Crippen LogP contribution in [0.2, 0.25) is 6.04 Å². The van der Waals surface area contributed by atoms with E-state index >= 15 is 0 Å². The van der Waals surface area contributed by atoms with E-state index in [4.69, 9.17) is 9.47 Å². The molecule has 1 rings (SSSR count). The van der Waals surface area contributed by atoms with E-state index in [0.29, 0.717) is 11.8 Å². The SMILES string of the molecule is CCOC(OCC)[SiH2]CCC1CCC(CCSC(C)=O)C(CCSC(C)=O)C1.